The van der Waals surface area contributed by atoms with Crippen molar-refractivity contribution in [3.63, 3.8) is 0 Å². The minimum Gasteiger partial charge on any atom is -0.228 e. The molecular weight excluding hydrogens is 239 g/mol. The number of hydrogen-bond acceptors (Lipinski definition) is 1. The summed E-state index contributed by atoms with van der Waals surface area (Å²) in [6.45, 7) is 0. The number of nitrogens with zero attached hydrogens (tertiary/aromatic N) is 2. The fourth-order valence-corrected chi connectivity index (χ4v) is 1.53. The van der Waals surface area contributed by atoms with Crippen LogP contribution in [-0.4, -0.2) is 9.61 Å². The molecule has 0 saturated carbocycles. The lowest BCUT2D eigenvalue weighted by molar-refractivity contribution is 0.933. The second-order valence-electron chi connectivity index (χ2n) is 2.02. The fraction of sp³-hybridized carbons (Fsp3) is 0. The quantitative estimate of drug-likeness (QED) is 0.511. The van der Waals surface area contributed by atoms with E-state index in [4.69, 9.17) is 0 Å². The first-order chi connectivity index (χ1) is 4.88. The van der Waals surface area contributed by atoms with Crippen LogP contribution in [0.2, 0.25) is 0 Å². The maximum Gasteiger partial charge on any atom is 0.103 e. The molecule has 0 N–H and O–H groups in total. The van der Waals surface area contributed by atoms with Gasteiger partial charge in [0.25, 0.3) is 0 Å². The Morgan fingerprint density at radius 2 is 2.20 bits per heavy atom. The van der Waals surface area contributed by atoms with Crippen LogP contribution in [0.1, 0.15) is 0 Å². The van der Waals surface area contributed by atoms with Crippen molar-refractivity contribution in [1.29, 1.82) is 0 Å². The van der Waals surface area contributed by atoms with Gasteiger partial charge in [0.05, 0.1) is 11.7 Å². The molecule has 2 nitrogen and oxygen atoms in total. The minimum atomic E-state index is 1.14. The number of aromatic nitrogens is 2. The van der Waals surface area contributed by atoms with Crippen LogP contribution < -0.4 is 0 Å². The van der Waals surface area contributed by atoms with Crippen molar-refractivity contribution in [3.05, 3.63) is 34.2 Å². The second-order valence-corrected chi connectivity index (χ2v) is 3.12. The zero-order valence-corrected chi connectivity index (χ0v) is 7.32. The maximum atomic E-state index is 4.13. The van der Waals surface area contributed by atoms with E-state index in [0.29, 0.717) is 0 Å². The zero-order valence-electron chi connectivity index (χ0n) is 5.16. The smallest absolute Gasteiger partial charge is 0.103 e. The van der Waals surface area contributed by atoms with Gasteiger partial charge in [0.15, 0.2) is 0 Å². The molecule has 2 aromatic heterocycles. The summed E-state index contributed by atoms with van der Waals surface area (Å²) >= 11 is 2.26. The summed E-state index contributed by atoms with van der Waals surface area (Å²) < 4.78 is 3.04. The van der Waals surface area contributed by atoms with Gasteiger partial charge in [0, 0.05) is 0 Å². The van der Waals surface area contributed by atoms with E-state index < -0.39 is 0 Å². The molecule has 10 heavy (non-hydrogen) atoms. The van der Waals surface area contributed by atoms with Crippen LogP contribution >= 0.6 is 22.6 Å². The highest BCUT2D eigenvalue weighted by molar-refractivity contribution is 14.1. The molecule has 3 heteroatoms. The van der Waals surface area contributed by atoms with Gasteiger partial charge >= 0.3 is 0 Å². The van der Waals surface area contributed by atoms with Gasteiger partial charge in [-0.2, -0.15) is 5.10 Å². The van der Waals surface area contributed by atoms with E-state index in [1.54, 1.807) is 6.20 Å². The monoisotopic (exact) mass is 244 g/mol. The van der Waals surface area contributed by atoms with Crippen molar-refractivity contribution in [2.45, 2.75) is 0 Å². The summed E-state index contributed by atoms with van der Waals surface area (Å²) in [5, 5.41) is 4.13. The normalized spacial score (nSPS) is 10.5. The predicted molar refractivity (Wildman–Crippen MR) is 47.9 cm³/mol. The standard InChI is InChI=1S/C7H5IN2/c8-7-3-1-2-6-4-5-9-10(6)7/h1-5H. The minimum absolute atomic E-state index is 1.14. The molecule has 2 aromatic rings. The van der Waals surface area contributed by atoms with Crippen LogP contribution in [0.15, 0.2) is 30.5 Å². The molecule has 0 atom stereocenters. The Morgan fingerprint density at radius 3 is 3.00 bits per heavy atom. The number of rotatable bonds is 0. The lowest BCUT2D eigenvalue weighted by Gasteiger charge is -1.93. The average Bonchev–Trinajstić information content (AvgIpc) is 2.36. The van der Waals surface area contributed by atoms with Gasteiger partial charge in [-0.25, -0.2) is 4.52 Å². The first kappa shape index (κ1) is 6.15. The third-order valence-corrected chi connectivity index (χ3v) is 2.19. The second kappa shape index (κ2) is 2.23. The van der Waals surface area contributed by atoms with E-state index in [1.165, 1.54) is 0 Å². The van der Waals surface area contributed by atoms with Crippen molar-refractivity contribution in [3.8, 4) is 0 Å². The van der Waals surface area contributed by atoms with Gasteiger partial charge in [-0.05, 0) is 40.8 Å². The van der Waals surface area contributed by atoms with Crippen LogP contribution in [0, 0.1) is 3.70 Å². The lowest BCUT2D eigenvalue weighted by atomic mass is 10.4. The Labute approximate surface area is 72.0 Å². The summed E-state index contributed by atoms with van der Waals surface area (Å²) in [6.07, 6.45) is 1.80. The van der Waals surface area contributed by atoms with Gasteiger partial charge in [-0.15, -0.1) is 0 Å². The van der Waals surface area contributed by atoms with Crippen LogP contribution in [-0.2, 0) is 0 Å². The van der Waals surface area contributed by atoms with Gasteiger partial charge < -0.3 is 0 Å². The van der Waals surface area contributed by atoms with E-state index >= 15 is 0 Å². The Hall–Kier alpha value is -0.580. The Balaban J connectivity index is 2.95. The van der Waals surface area contributed by atoms with Crippen molar-refractivity contribution < 1.29 is 0 Å². The highest BCUT2D eigenvalue weighted by Crippen LogP contribution is 2.07. The van der Waals surface area contributed by atoms with E-state index in [1.807, 2.05) is 28.8 Å². The Bertz CT molecular complexity index is 353. The van der Waals surface area contributed by atoms with Crippen LogP contribution in [0.4, 0.5) is 0 Å². The molecule has 0 saturated heterocycles. The van der Waals surface area contributed by atoms with Gasteiger partial charge in [0.1, 0.15) is 3.70 Å². The van der Waals surface area contributed by atoms with Crippen LogP contribution in [0.3, 0.4) is 0 Å². The van der Waals surface area contributed by atoms with Crippen molar-refractivity contribution >= 4 is 28.1 Å². The van der Waals surface area contributed by atoms with Gasteiger partial charge in [0.2, 0.25) is 0 Å². The van der Waals surface area contributed by atoms with E-state index in [9.17, 15) is 0 Å². The molecule has 50 valence electrons. The molecule has 0 fully saturated rings. The number of hydrogen-bond donors (Lipinski definition) is 0. The third kappa shape index (κ3) is 0.811. The molecule has 2 rings (SSSR count). The first-order valence-corrected chi connectivity index (χ1v) is 4.04. The van der Waals surface area contributed by atoms with Crippen molar-refractivity contribution in [1.82, 2.24) is 9.61 Å². The molecular formula is C7H5IN2. The molecule has 0 spiro atoms. The maximum absolute atomic E-state index is 4.13. The molecule has 0 aromatic carbocycles. The van der Waals surface area contributed by atoms with Gasteiger partial charge in [-0.1, -0.05) is 6.07 Å². The summed E-state index contributed by atoms with van der Waals surface area (Å²) in [5.74, 6) is 0. The largest absolute Gasteiger partial charge is 0.228 e. The third-order valence-electron chi connectivity index (χ3n) is 1.38. The first-order valence-electron chi connectivity index (χ1n) is 2.96. The van der Waals surface area contributed by atoms with Crippen LogP contribution in [0.25, 0.3) is 5.52 Å². The van der Waals surface area contributed by atoms with Crippen molar-refractivity contribution in [2.75, 3.05) is 0 Å². The molecule has 0 radical (unpaired) electrons. The molecule has 0 aliphatic carbocycles. The predicted octanol–water partition coefficient (Wildman–Crippen LogP) is 1.94. The molecule has 0 amide bonds. The van der Waals surface area contributed by atoms with Gasteiger partial charge in [-0.3, -0.25) is 0 Å². The molecule has 0 unspecified atom stereocenters. The molecule has 0 bridgehead atoms. The molecule has 0 aliphatic rings. The van der Waals surface area contributed by atoms with Crippen LogP contribution in [0.5, 0.6) is 0 Å². The number of halogens is 1. The van der Waals surface area contributed by atoms with E-state index in [-0.39, 0.29) is 0 Å². The van der Waals surface area contributed by atoms with E-state index in [2.05, 4.69) is 27.7 Å². The highest BCUT2D eigenvalue weighted by atomic mass is 127. The Morgan fingerprint density at radius 1 is 1.30 bits per heavy atom. The summed E-state index contributed by atoms with van der Waals surface area (Å²) in [7, 11) is 0. The van der Waals surface area contributed by atoms with E-state index in [0.717, 1.165) is 9.22 Å². The summed E-state index contributed by atoms with van der Waals surface area (Å²) in [4.78, 5) is 0. The Kier molecular flexibility index (Phi) is 1.37. The lowest BCUT2D eigenvalue weighted by Crippen LogP contribution is -1.89. The molecule has 0 aliphatic heterocycles. The molecule has 2 heterocycles. The topological polar surface area (TPSA) is 17.3 Å². The number of fused-ring (bicyclic) bond motifs is 1. The van der Waals surface area contributed by atoms with Crippen molar-refractivity contribution in [2.24, 2.45) is 0 Å². The SMILES string of the molecule is Ic1cccc2ccnn12. The number of pyridine rings is 1. The average molecular weight is 244 g/mol. The highest BCUT2D eigenvalue weighted by Gasteiger charge is 1.93. The summed E-state index contributed by atoms with van der Waals surface area (Å²) in [5.41, 5.74) is 1.15. The summed E-state index contributed by atoms with van der Waals surface area (Å²) in [6, 6.07) is 8.08. The fourth-order valence-electron chi connectivity index (χ4n) is 0.915. The zero-order chi connectivity index (χ0) is 6.97.